The third-order valence-corrected chi connectivity index (χ3v) is 2.21. The van der Waals surface area contributed by atoms with Crippen LogP contribution in [0.25, 0.3) is 0 Å². The molecule has 0 bridgehead atoms. The van der Waals surface area contributed by atoms with Crippen molar-refractivity contribution >= 4 is 21.6 Å². The zero-order chi connectivity index (χ0) is 13.1. The van der Waals surface area contributed by atoms with Crippen LogP contribution in [0.15, 0.2) is 29.3 Å². The zero-order valence-electron chi connectivity index (χ0n) is 8.61. The first-order chi connectivity index (χ1) is 7.84. The number of benzene rings is 1. The van der Waals surface area contributed by atoms with Crippen LogP contribution in [0.5, 0.6) is 0 Å². The highest BCUT2D eigenvalue weighted by Gasteiger charge is 2.33. The van der Waals surface area contributed by atoms with Crippen molar-refractivity contribution in [2.24, 2.45) is 0 Å². The molecule has 0 heterocycles. The lowest BCUT2D eigenvalue weighted by Gasteiger charge is -2.11. The third kappa shape index (κ3) is 3.79. The predicted octanol–water partition coefficient (Wildman–Crippen LogP) is 3.90. The first-order valence-corrected chi connectivity index (χ1v) is 5.32. The van der Waals surface area contributed by atoms with Crippen LogP contribution in [-0.4, -0.2) is 6.54 Å². The molecule has 17 heavy (non-hydrogen) atoms. The minimum absolute atomic E-state index is 0.289. The van der Waals surface area contributed by atoms with Crippen LogP contribution in [0.3, 0.4) is 0 Å². The van der Waals surface area contributed by atoms with Crippen molar-refractivity contribution in [2.45, 2.75) is 6.18 Å². The highest BCUT2D eigenvalue weighted by Crippen LogP contribution is 2.33. The number of anilines is 1. The summed E-state index contributed by atoms with van der Waals surface area (Å²) >= 11 is 3.09. The van der Waals surface area contributed by atoms with Gasteiger partial charge in [-0.1, -0.05) is 22.5 Å². The molecule has 0 fully saturated rings. The van der Waals surface area contributed by atoms with E-state index in [1.54, 1.807) is 0 Å². The Morgan fingerprint density at radius 1 is 1.47 bits per heavy atom. The number of alkyl halides is 3. The molecule has 0 aliphatic rings. The summed E-state index contributed by atoms with van der Waals surface area (Å²) in [5.41, 5.74) is -1.04. The summed E-state index contributed by atoms with van der Waals surface area (Å²) in [5.74, 6) is 0. The predicted molar refractivity (Wildman–Crippen MR) is 62.7 cm³/mol. The Kier molecular flexibility index (Phi) is 4.18. The van der Waals surface area contributed by atoms with E-state index in [0.717, 1.165) is 12.1 Å². The topological polar surface area (TPSA) is 35.8 Å². The van der Waals surface area contributed by atoms with Crippen molar-refractivity contribution in [3.8, 4) is 6.07 Å². The number of halogens is 4. The Labute approximate surface area is 105 Å². The first-order valence-electron chi connectivity index (χ1n) is 4.53. The lowest BCUT2D eigenvalue weighted by Crippen LogP contribution is -2.09. The molecule has 1 aromatic carbocycles. The molecule has 0 aliphatic heterocycles. The molecule has 0 atom stereocenters. The van der Waals surface area contributed by atoms with Crippen LogP contribution < -0.4 is 5.32 Å². The maximum absolute atomic E-state index is 12.6. The lowest BCUT2D eigenvalue weighted by molar-refractivity contribution is -0.137. The van der Waals surface area contributed by atoms with E-state index in [1.165, 1.54) is 12.1 Å². The van der Waals surface area contributed by atoms with Crippen molar-refractivity contribution in [3.63, 3.8) is 0 Å². The van der Waals surface area contributed by atoms with Gasteiger partial charge in [-0.2, -0.15) is 18.4 Å². The van der Waals surface area contributed by atoms with Gasteiger partial charge in [0.1, 0.15) is 0 Å². The van der Waals surface area contributed by atoms with Gasteiger partial charge in [-0.15, -0.1) is 0 Å². The van der Waals surface area contributed by atoms with Crippen LogP contribution in [0, 0.1) is 11.3 Å². The molecule has 0 saturated heterocycles. The summed E-state index contributed by atoms with van der Waals surface area (Å²) in [4.78, 5) is 0. The van der Waals surface area contributed by atoms with Crippen LogP contribution in [0.4, 0.5) is 18.9 Å². The summed E-state index contributed by atoms with van der Waals surface area (Å²) in [6, 6.07) is 4.99. The molecule has 1 N–H and O–H groups in total. The van der Waals surface area contributed by atoms with Crippen molar-refractivity contribution in [2.75, 3.05) is 11.9 Å². The fraction of sp³-hybridized carbons (Fsp3) is 0.182. The number of nitrogens with zero attached hydrogens (tertiary/aromatic N) is 1. The van der Waals surface area contributed by atoms with Gasteiger partial charge in [-0.3, -0.25) is 0 Å². The van der Waals surface area contributed by atoms with E-state index >= 15 is 0 Å². The van der Waals surface area contributed by atoms with E-state index in [4.69, 9.17) is 5.26 Å². The number of nitriles is 1. The smallest absolute Gasteiger partial charge is 0.380 e. The van der Waals surface area contributed by atoms with Crippen molar-refractivity contribution in [1.82, 2.24) is 0 Å². The molecule has 2 nitrogen and oxygen atoms in total. The maximum Gasteiger partial charge on any atom is 0.417 e. The van der Waals surface area contributed by atoms with Crippen molar-refractivity contribution in [3.05, 3.63) is 40.4 Å². The normalized spacial score (nSPS) is 10.8. The van der Waals surface area contributed by atoms with E-state index in [0.29, 0.717) is 11.0 Å². The minimum Gasteiger partial charge on any atom is -0.380 e. The summed E-state index contributed by atoms with van der Waals surface area (Å²) in [6.45, 7) is 3.86. The standard InChI is InChI=1S/C11H8BrF3N2/c1-7(12)6-17-9-3-2-8(5-16)10(4-9)11(13,14)15/h2-4,17H,1,6H2. The quantitative estimate of drug-likeness (QED) is 0.919. The fourth-order valence-electron chi connectivity index (χ4n) is 1.18. The van der Waals surface area contributed by atoms with E-state index in [9.17, 15) is 13.2 Å². The van der Waals surface area contributed by atoms with E-state index < -0.39 is 11.7 Å². The third-order valence-electron chi connectivity index (χ3n) is 1.93. The van der Waals surface area contributed by atoms with Gasteiger partial charge >= 0.3 is 6.18 Å². The molecular formula is C11H8BrF3N2. The minimum atomic E-state index is -4.53. The second-order valence-corrected chi connectivity index (χ2v) is 4.36. The average molecular weight is 305 g/mol. The number of nitrogens with one attached hydrogen (secondary N) is 1. The molecule has 1 rings (SSSR count). The van der Waals surface area contributed by atoms with Gasteiger partial charge < -0.3 is 5.32 Å². The average Bonchev–Trinajstić information content (AvgIpc) is 2.24. The highest BCUT2D eigenvalue weighted by atomic mass is 79.9. The highest BCUT2D eigenvalue weighted by molar-refractivity contribution is 9.11. The number of hydrogen-bond donors (Lipinski definition) is 1. The summed E-state index contributed by atoms with van der Waals surface area (Å²) < 4.78 is 38.4. The Morgan fingerprint density at radius 2 is 2.12 bits per heavy atom. The molecule has 0 spiro atoms. The van der Waals surface area contributed by atoms with E-state index in [-0.39, 0.29) is 11.3 Å². The molecule has 90 valence electrons. The monoisotopic (exact) mass is 304 g/mol. The second-order valence-electron chi connectivity index (χ2n) is 3.24. The molecule has 6 heteroatoms. The Morgan fingerprint density at radius 3 is 2.59 bits per heavy atom. The van der Waals surface area contributed by atoms with Crippen molar-refractivity contribution < 1.29 is 13.2 Å². The molecule has 0 radical (unpaired) electrons. The molecule has 0 aliphatic carbocycles. The largest absolute Gasteiger partial charge is 0.417 e. The van der Waals surface area contributed by atoms with E-state index in [2.05, 4.69) is 27.8 Å². The van der Waals surface area contributed by atoms with Gasteiger partial charge in [0.25, 0.3) is 0 Å². The second kappa shape index (κ2) is 5.23. The zero-order valence-corrected chi connectivity index (χ0v) is 10.2. The van der Waals surface area contributed by atoms with Crippen LogP contribution in [0.2, 0.25) is 0 Å². The molecular weight excluding hydrogens is 297 g/mol. The molecule has 0 saturated carbocycles. The molecule has 1 aromatic rings. The Hall–Kier alpha value is -1.48. The van der Waals surface area contributed by atoms with Gasteiger partial charge in [-0.05, 0) is 18.2 Å². The Bertz CT molecular complexity index is 475. The molecule has 0 unspecified atom stereocenters. The van der Waals surface area contributed by atoms with E-state index in [1.807, 2.05) is 0 Å². The summed E-state index contributed by atoms with van der Waals surface area (Å²) in [5, 5.41) is 11.4. The maximum atomic E-state index is 12.6. The Balaban J connectivity index is 3.06. The lowest BCUT2D eigenvalue weighted by atomic mass is 10.1. The number of rotatable bonds is 3. The molecule has 0 amide bonds. The summed E-state index contributed by atoms with van der Waals surface area (Å²) in [6.07, 6.45) is -4.53. The van der Waals surface area contributed by atoms with Gasteiger partial charge in [0, 0.05) is 16.7 Å². The summed E-state index contributed by atoms with van der Waals surface area (Å²) in [7, 11) is 0. The molecule has 0 aromatic heterocycles. The number of hydrogen-bond acceptors (Lipinski definition) is 2. The van der Waals surface area contributed by atoms with Crippen LogP contribution in [0.1, 0.15) is 11.1 Å². The van der Waals surface area contributed by atoms with Crippen LogP contribution >= 0.6 is 15.9 Å². The van der Waals surface area contributed by atoms with Gasteiger partial charge in [-0.25, -0.2) is 0 Å². The van der Waals surface area contributed by atoms with Gasteiger partial charge in [0.15, 0.2) is 0 Å². The SMILES string of the molecule is C=C(Br)CNc1ccc(C#N)c(C(F)(F)F)c1. The van der Waals surface area contributed by atoms with Crippen molar-refractivity contribution in [1.29, 1.82) is 5.26 Å². The first kappa shape index (κ1) is 13.6. The van der Waals surface area contributed by atoms with Gasteiger partial charge in [0.2, 0.25) is 0 Å². The van der Waals surface area contributed by atoms with Gasteiger partial charge in [0.05, 0.1) is 17.2 Å². The fourth-order valence-corrected chi connectivity index (χ4v) is 1.32. The van der Waals surface area contributed by atoms with Crippen LogP contribution in [-0.2, 0) is 6.18 Å².